The van der Waals surface area contributed by atoms with Gasteiger partial charge in [0.1, 0.15) is 0 Å². The maximum Gasteiger partial charge on any atom is 0.246 e. The SMILES string of the molecule is CN(Cc1ccccc1)C(=O)/C=C/c1c(Cl)nc2sccn12. The molecule has 0 saturated heterocycles. The Hall–Kier alpha value is -2.11. The van der Waals surface area contributed by atoms with Crippen LogP contribution in [0.3, 0.4) is 0 Å². The van der Waals surface area contributed by atoms with E-state index in [4.69, 9.17) is 11.6 Å². The van der Waals surface area contributed by atoms with Crippen LogP contribution in [0.5, 0.6) is 0 Å². The third kappa shape index (κ3) is 3.05. The molecular weight excluding hydrogens is 318 g/mol. The number of aromatic nitrogens is 2. The molecule has 0 aliphatic rings. The van der Waals surface area contributed by atoms with Crippen LogP contribution < -0.4 is 0 Å². The Bertz CT molecular complexity index is 822. The van der Waals surface area contributed by atoms with E-state index in [0.717, 1.165) is 16.2 Å². The van der Waals surface area contributed by atoms with Crippen LogP contribution in [0.4, 0.5) is 0 Å². The fourth-order valence-corrected chi connectivity index (χ4v) is 3.14. The van der Waals surface area contributed by atoms with Gasteiger partial charge in [0.25, 0.3) is 0 Å². The van der Waals surface area contributed by atoms with Crippen molar-refractivity contribution in [2.24, 2.45) is 0 Å². The third-order valence-corrected chi connectivity index (χ3v) is 4.31. The van der Waals surface area contributed by atoms with Gasteiger partial charge in [-0.05, 0) is 11.6 Å². The smallest absolute Gasteiger partial charge is 0.246 e. The molecule has 0 radical (unpaired) electrons. The van der Waals surface area contributed by atoms with Crippen molar-refractivity contribution in [1.82, 2.24) is 14.3 Å². The maximum absolute atomic E-state index is 12.2. The van der Waals surface area contributed by atoms with Gasteiger partial charge in [-0.15, -0.1) is 11.3 Å². The molecule has 0 atom stereocenters. The molecule has 2 heterocycles. The molecule has 112 valence electrons. The van der Waals surface area contributed by atoms with Crippen LogP contribution in [0.15, 0.2) is 48.0 Å². The second kappa shape index (κ2) is 6.34. The van der Waals surface area contributed by atoms with E-state index in [-0.39, 0.29) is 5.91 Å². The third-order valence-electron chi connectivity index (χ3n) is 3.28. The van der Waals surface area contributed by atoms with Crippen LogP contribution in [-0.4, -0.2) is 27.2 Å². The van der Waals surface area contributed by atoms with E-state index in [1.165, 1.54) is 17.4 Å². The first kappa shape index (κ1) is 14.8. The largest absolute Gasteiger partial charge is 0.338 e. The van der Waals surface area contributed by atoms with Crippen molar-refractivity contribution in [3.8, 4) is 0 Å². The minimum atomic E-state index is -0.0786. The molecule has 2 aromatic heterocycles. The summed E-state index contributed by atoms with van der Waals surface area (Å²) in [6, 6.07) is 9.87. The number of carbonyl (C=O) groups is 1. The fourth-order valence-electron chi connectivity index (χ4n) is 2.14. The predicted octanol–water partition coefficient (Wildman–Crippen LogP) is 3.72. The van der Waals surface area contributed by atoms with Gasteiger partial charge in [0.15, 0.2) is 10.1 Å². The van der Waals surface area contributed by atoms with Gasteiger partial charge in [-0.25, -0.2) is 4.98 Å². The number of benzene rings is 1. The Morgan fingerprint density at radius 2 is 2.18 bits per heavy atom. The number of nitrogens with zero attached hydrogens (tertiary/aromatic N) is 3. The molecule has 0 spiro atoms. The van der Waals surface area contributed by atoms with Crippen molar-refractivity contribution in [1.29, 1.82) is 0 Å². The van der Waals surface area contributed by atoms with E-state index in [2.05, 4.69) is 4.98 Å². The van der Waals surface area contributed by atoms with Crippen LogP contribution in [0.25, 0.3) is 11.0 Å². The number of amides is 1. The van der Waals surface area contributed by atoms with E-state index in [1.807, 2.05) is 46.3 Å². The number of likely N-dealkylation sites (N-methyl/N-ethyl adjacent to an activating group) is 1. The highest BCUT2D eigenvalue weighted by Gasteiger charge is 2.10. The zero-order chi connectivity index (χ0) is 15.5. The Morgan fingerprint density at radius 3 is 2.95 bits per heavy atom. The highest BCUT2D eigenvalue weighted by Crippen LogP contribution is 2.22. The summed E-state index contributed by atoms with van der Waals surface area (Å²) < 4.78 is 1.87. The molecular formula is C16H14ClN3OS. The summed E-state index contributed by atoms with van der Waals surface area (Å²) in [7, 11) is 1.78. The Balaban J connectivity index is 1.73. The molecule has 3 rings (SSSR count). The Kier molecular flexibility index (Phi) is 4.27. The zero-order valence-corrected chi connectivity index (χ0v) is 13.5. The first-order chi connectivity index (χ1) is 10.6. The normalized spacial score (nSPS) is 11.4. The van der Waals surface area contributed by atoms with Crippen molar-refractivity contribution in [3.63, 3.8) is 0 Å². The predicted molar refractivity (Wildman–Crippen MR) is 90.0 cm³/mol. The molecule has 1 amide bonds. The van der Waals surface area contributed by atoms with Gasteiger partial charge in [0.2, 0.25) is 5.91 Å². The van der Waals surface area contributed by atoms with Gasteiger partial charge in [-0.2, -0.15) is 0 Å². The minimum Gasteiger partial charge on any atom is -0.338 e. The fraction of sp³-hybridized carbons (Fsp3) is 0.125. The van der Waals surface area contributed by atoms with E-state index >= 15 is 0 Å². The molecule has 0 unspecified atom stereocenters. The van der Waals surface area contributed by atoms with E-state index in [1.54, 1.807) is 18.0 Å². The summed E-state index contributed by atoms with van der Waals surface area (Å²) in [6.45, 7) is 0.567. The topological polar surface area (TPSA) is 37.6 Å². The Labute approximate surface area is 137 Å². The second-order valence-electron chi connectivity index (χ2n) is 4.86. The summed E-state index contributed by atoms with van der Waals surface area (Å²) in [4.78, 5) is 18.9. The van der Waals surface area contributed by atoms with E-state index < -0.39 is 0 Å². The highest BCUT2D eigenvalue weighted by atomic mass is 35.5. The lowest BCUT2D eigenvalue weighted by molar-refractivity contribution is -0.125. The average Bonchev–Trinajstić information content (AvgIpc) is 3.06. The number of halogens is 1. The number of hydrogen-bond acceptors (Lipinski definition) is 3. The summed E-state index contributed by atoms with van der Waals surface area (Å²) in [5.74, 6) is -0.0786. The molecule has 22 heavy (non-hydrogen) atoms. The first-order valence-corrected chi connectivity index (χ1v) is 7.99. The molecule has 1 aromatic carbocycles. The summed E-state index contributed by atoms with van der Waals surface area (Å²) in [5.41, 5.74) is 1.81. The lowest BCUT2D eigenvalue weighted by atomic mass is 10.2. The van der Waals surface area contributed by atoms with Crippen LogP contribution >= 0.6 is 22.9 Å². The molecule has 3 aromatic rings. The van der Waals surface area contributed by atoms with Gasteiger partial charge in [-0.3, -0.25) is 9.20 Å². The molecule has 4 nitrogen and oxygen atoms in total. The highest BCUT2D eigenvalue weighted by molar-refractivity contribution is 7.15. The van der Waals surface area contributed by atoms with Crippen molar-refractivity contribution in [2.75, 3.05) is 7.05 Å². The number of carbonyl (C=O) groups excluding carboxylic acids is 1. The maximum atomic E-state index is 12.2. The standard InChI is InChI=1S/C16H14ClN3OS/c1-19(11-12-5-3-2-4-6-12)14(21)8-7-13-15(17)18-16-20(13)9-10-22-16/h2-10H,11H2,1H3/b8-7+. The first-order valence-electron chi connectivity index (χ1n) is 6.73. The van der Waals surface area contributed by atoms with Crippen molar-refractivity contribution >= 4 is 39.9 Å². The van der Waals surface area contributed by atoms with Crippen LogP contribution in [0.1, 0.15) is 11.3 Å². The number of hydrogen-bond donors (Lipinski definition) is 0. The van der Waals surface area contributed by atoms with E-state index in [9.17, 15) is 4.79 Å². The van der Waals surface area contributed by atoms with Gasteiger partial charge >= 0.3 is 0 Å². The summed E-state index contributed by atoms with van der Waals surface area (Å²) in [5, 5.41) is 2.33. The zero-order valence-electron chi connectivity index (χ0n) is 11.9. The van der Waals surface area contributed by atoms with Crippen LogP contribution in [0, 0.1) is 0 Å². The van der Waals surface area contributed by atoms with E-state index in [0.29, 0.717) is 11.7 Å². The summed E-state index contributed by atoms with van der Waals surface area (Å²) >= 11 is 7.60. The second-order valence-corrected chi connectivity index (χ2v) is 6.09. The number of fused-ring (bicyclic) bond motifs is 1. The lowest BCUT2D eigenvalue weighted by Gasteiger charge is -2.14. The quantitative estimate of drug-likeness (QED) is 0.683. The van der Waals surface area contributed by atoms with Crippen molar-refractivity contribution in [3.05, 3.63) is 64.4 Å². The molecule has 0 fully saturated rings. The molecule has 0 aliphatic heterocycles. The Morgan fingerprint density at radius 1 is 1.41 bits per heavy atom. The van der Waals surface area contributed by atoms with Gasteiger partial charge in [0.05, 0.1) is 5.69 Å². The number of imidazole rings is 1. The minimum absolute atomic E-state index is 0.0786. The average molecular weight is 332 g/mol. The number of thiazole rings is 1. The van der Waals surface area contributed by atoms with Gasteiger partial charge in [0, 0.05) is 31.2 Å². The van der Waals surface area contributed by atoms with Crippen molar-refractivity contribution < 1.29 is 4.79 Å². The van der Waals surface area contributed by atoms with Crippen molar-refractivity contribution in [2.45, 2.75) is 6.54 Å². The molecule has 0 aliphatic carbocycles. The van der Waals surface area contributed by atoms with Crippen LogP contribution in [0.2, 0.25) is 5.15 Å². The van der Waals surface area contributed by atoms with Gasteiger partial charge < -0.3 is 4.90 Å². The van der Waals surface area contributed by atoms with Gasteiger partial charge in [-0.1, -0.05) is 41.9 Å². The molecule has 0 bridgehead atoms. The molecule has 6 heteroatoms. The lowest BCUT2D eigenvalue weighted by Crippen LogP contribution is -2.24. The number of rotatable bonds is 4. The molecule has 0 N–H and O–H groups in total. The monoisotopic (exact) mass is 331 g/mol. The summed E-state index contributed by atoms with van der Waals surface area (Å²) in [6.07, 6.45) is 5.12. The van der Waals surface area contributed by atoms with Crippen LogP contribution in [-0.2, 0) is 11.3 Å². The molecule has 0 saturated carbocycles.